The van der Waals surface area contributed by atoms with Crippen LogP contribution in [0.5, 0.6) is 0 Å². The maximum Gasteiger partial charge on any atom is 0.241 e. The second-order valence-electron chi connectivity index (χ2n) is 5.44. The van der Waals surface area contributed by atoms with Gasteiger partial charge in [0.05, 0.1) is 10.9 Å². The van der Waals surface area contributed by atoms with E-state index in [1.165, 1.54) is 12.1 Å². The summed E-state index contributed by atoms with van der Waals surface area (Å²) in [6, 6.07) is 5.85. The number of hydrogen-bond donors (Lipinski definition) is 3. The Morgan fingerprint density at radius 3 is 2.48 bits per heavy atom. The molecule has 21 heavy (non-hydrogen) atoms. The Labute approximate surface area is 125 Å². The zero-order valence-electron chi connectivity index (χ0n) is 12.2. The second-order valence-corrected chi connectivity index (χ2v) is 7.15. The SMILES string of the molecule is CC(C)NS(=O)(=O)c1ccc(NC(=O)[C@@H]2CCCN2)cc1. The standard InChI is InChI=1S/C14H21N3O3S/c1-10(2)17-21(19,20)12-7-5-11(6-8-12)16-14(18)13-4-3-9-15-13/h5-8,10,13,15,17H,3-4,9H2,1-2H3,(H,16,18)/t13-/m0/s1. The van der Waals surface area contributed by atoms with Gasteiger partial charge in [0.2, 0.25) is 15.9 Å². The largest absolute Gasteiger partial charge is 0.325 e. The molecule has 1 fully saturated rings. The molecule has 1 aliphatic rings. The molecule has 0 aromatic heterocycles. The van der Waals surface area contributed by atoms with E-state index in [1.807, 2.05) is 0 Å². The molecule has 1 aliphatic heterocycles. The molecule has 0 spiro atoms. The van der Waals surface area contributed by atoms with E-state index < -0.39 is 10.0 Å². The van der Waals surface area contributed by atoms with E-state index in [1.54, 1.807) is 26.0 Å². The van der Waals surface area contributed by atoms with Gasteiger partial charge in [-0.25, -0.2) is 13.1 Å². The number of hydrogen-bond acceptors (Lipinski definition) is 4. The Bertz CT molecular complexity index is 590. The third-order valence-corrected chi connectivity index (χ3v) is 4.87. The summed E-state index contributed by atoms with van der Waals surface area (Å²) in [5.41, 5.74) is 0.595. The Hall–Kier alpha value is -1.44. The Kier molecular flexibility index (Phi) is 4.97. The first kappa shape index (κ1) is 15.9. The van der Waals surface area contributed by atoms with E-state index in [9.17, 15) is 13.2 Å². The highest BCUT2D eigenvalue weighted by atomic mass is 32.2. The third-order valence-electron chi connectivity index (χ3n) is 3.20. The van der Waals surface area contributed by atoms with Crippen molar-refractivity contribution < 1.29 is 13.2 Å². The summed E-state index contributed by atoms with van der Waals surface area (Å²) in [7, 11) is -3.50. The molecule has 7 heteroatoms. The van der Waals surface area contributed by atoms with E-state index in [0.29, 0.717) is 5.69 Å². The highest BCUT2D eigenvalue weighted by molar-refractivity contribution is 7.89. The number of sulfonamides is 1. The molecule has 1 heterocycles. The van der Waals surface area contributed by atoms with Crippen molar-refractivity contribution in [2.75, 3.05) is 11.9 Å². The number of anilines is 1. The van der Waals surface area contributed by atoms with E-state index in [2.05, 4.69) is 15.4 Å². The van der Waals surface area contributed by atoms with Gasteiger partial charge in [-0.1, -0.05) is 0 Å². The maximum absolute atomic E-state index is 12.0. The van der Waals surface area contributed by atoms with Crippen molar-refractivity contribution in [3.8, 4) is 0 Å². The smallest absolute Gasteiger partial charge is 0.241 e. The Morgan fingerprint density at radius 1 is 1.29 bits per heavy atom. The summed E-state index contributed by atoms with van der Waals surface area (Å²) >= 11 is 0. The number of benzene rings is 1. The summed E-state index contributed by atoms with van der Waals surface area (Å²) in [6.45, 7) is 4.39. The van der Waals surface area contributed by atoms with E-state index >= 15 is 0 Å². The minimum atomic E-state index is -3.50. The van der Waals surface area contributed by atoms with Crippen molar-refractivity contribution in [2.24, 2.45) is 0 Å². The van der Waals surface area contributed by atoms with Gasteiger partial charge in [0, 0.05) is 11.7 Å². The zero-order chi connectivity index (χ0) is 15.5. The number of amides is 1. The highest BCUT2D eigenvalue weighted by Gasteiger charge is 2.22. The molecule has 1 aromatic carbocycles. The van der Waals surface area contributed by atoms with Gasteiger partial charge >= 0.3 is 0 Å². The quantitative estimate of drug-likeness (QED) is 0.759. The van der Waals surface area contributed by atoms with E-state index in [4.69, 9.17) is 0 Å². The van der Waals surface area contributed by atoms with Crippen LogP contribution in [0.3, 0.4) is 0 Å². The summed E-state index contributed by atoms with van der Waals surface area (Å²) in [4.78, 5) is 12.1. The number of carbonyl (C=O) groups is 1. The molecule has 1 atom stereocenters. The summed E-state index contributed by atoms with van der Waals surface area (Å²) < 4.78 is 26.5. The van der Waals surface area contributed by atoms with Crippen LogP contribution in [-0.4, -0.2) is 33.0 Å². The Morgan fingerprint density at radius 2 is 1.95 bits per heavy atom. The molecule has 1 amide bonds. The summed E-state index contributed by atoms with van der Waals surface area (Å²) in [6.07, 6.45) is 1.83. The normalized spacial score (nSPS) is 18.9. The lowest BCUT2D eigenvalue weighted by molar-refractivity contribution is -0.117. The fourth-order valence-electron chi connectivity index (χ4n) is 2.23. The van der Waals surface area contributed by atoms with Crippen LogP contribution in [-0.2, 0) is 14.8 Å². The van der Waals surface area contributed by atoms with Crippen LogP contribution in [0.2, 0.25) is 0 Å². The van der Waals surface area contributed by atoms with Gasteiger partial charge in [0.15, 0.2) is 0 Å². The maximum atomic E-state index is 12.0. The fraction of sp³-hybridized carbons (Fsp3) is 0.500. The van der Waals surface area contributed by atoms with Gasteiger partial charge < -0.3 is 10.6 Å². The summed E-state index contributed by atoms with van der Waals surface area (Å²) in [5, 5.41) is 5.90. The molecule has 0 radical (unpaired) electrons. The number of nitrogens with one attached hydrogen (secondary N) is 3. The second kappa shape index (κ2) is 6.55. The first-order chi connectivity index (χ1) is 9.88. The summed E-state index contributed by atoms with van der Waals surface area (Å²) in [5.74, 6) is -0.0802. The molecule has 6 nitrogen and oxygen atoms in total. The molecule has 0 bridgehead atoms. The van der Waals surface area contributed by atoms with Crippen molar-refractivity contribution in [2.45, 2.75) is 43.7 Å². The molecule has 0 unspecified atom stereocenters. The van der Waals surface area contributed by atoms with Crippen molar-refractivity contribution in [1.82, 2.24) is 10.0 Å². The van der Waals surface area contributed by atoms with E-state index in [0.717, 1.165) is 19.4 Å². The van der Waals surface area contributed by atoms with Crippen LogP contribution in [0, 0.1) is 0 Å². The van der Waals surface area contributed by atoms with Gasteiger partial charge in [0.1, 0.15) is 0 Å². The molecule has 1 saturated heterocycles. The van der Waals surface area contributed by atoms with Crippen LogP contribution in [0.1, 0.15) is 26.7 Å². The third kappa shape index (κ3) is 4.26. The van der Waals surface area contributed by atoms with Gasteiger partial charge in [-0.05, 0) is 57.5 Å². The highest BCUT2D eigenvalue weighted by Crippen LogP contribution is 2.15. The zero-order valence-corrected chi connectivity index (χ0v) is 13.0. The molecular formula is C14H21N3O3S. The van der Waals surface area contributed by atoms with Crippen LogP contribution in [0.15, 0.2) is 29.2 Å². The lowest BCUT2D eigenvalue weighted by Gasteiger charge is -2.12. The van der Waals surface area contributed by atoms with Gasteiger partial charge in [-0.3, -0.25) is 4.79 Å². The van der Waals surface area contributed by atoms with Crippen LogP contribution >= 0.6 is 0 Å². The molecule has 0 aliphatic carbocycles. The molecule has 3 N–H and O–H groups in total. The monoisotopic (exact) mass is 311 g/mol. The van der Waals surface area contributed by atoms with Crippen LogP contribution < -0.4 is 15.4 Å². The minimum absolute atomic E-state index is 0.0802. The molecule has 1 aromatic rings. The topological polar surface area (TPSA) is 87.3 Å². The lowest BCUT2D eigenvalue weighted by atomic mass is 10.2. The average Bonchev–Trinajstić information content (AvgIpc) is 2.91. The van der Waals surface area contributed by atoms with Crippen molar-refractivity contribution in [1.29, 1.82) is 0 Å². The molecule has 116 valence electrons. The Balaban J connectivity index is 2.03. The van der Waals surface area contributed by atoms with Crippen molar-refractivity contribution in [3.63, 3.8) is 0 Å². The van der Waals surface area contributed by atoms with Crippen molar-refractivity contribution in [3.05, 3.63) is 24.3 Å². The van der Waals surface area contributed by atoms with Crippen LogP contribution in [0.4, 0.5) is 5.69 Å². The first-order valence-electron chi connectivity index (χ1n) is 7.05. The van der Waals surface area contributed by atoms with Gasteiger partial charge in [-0.15, -0.1) is 0 Å². The minimum Gasteiger partial charge on any atom is -0.325 e. The molecular weight excluding hydrogens is 290 g/mol. The first-order valence-corrected chi connectivity index (χ1v) is 8.53. The van der Waals surface area contributed by atoms with E-state index in [-0.39, 0.29) is 22.9 Å². The predicted molar refractivity (Wildman–Crippen MR) is 81.6 cm³/mol. The van der Waals surface area contributed by atoms with Crippen LogP contribution in [0.25, 0.3) is 0 Å². The number of rotatable bonds is 5. The predicted octanol–water partition coefficient (Wildman–Crippen LogP) is 1.06. The number of carbonyl (C=O) groups excluding carboxylic acids is 1. The average molecular weight is 311 g/mol. The van der Waals surface area contributed by atoms with Gasteiger partial charge in [-0.2, -0.15) is 0 Å². The fourth-order valence-corrected chi connectivity index (χ4v) is 3.48. The molecule has 2 rings (SSSR count). The van der Waals surface area contributed by atoms with Gasteiger partial charge in [0.25, 0.3) is 0 Å². The van der Waals surface area contributed by atoms with Crippen molar-refractivity contribution >= 4 is 21.6 Å². The molecule has 0 saturated carbocycles. The lowest BCUT2D eigenvalue weighted by Crippen LogP contribution is -2.35.